The Morgan fingerprint density at radius 3 is 2.75 bits per heavy atom. The Balaban J connectivity index is 2.04. The molecule has 3 rings (SSSR count). The van der Waals surface area contributed by atoms with Crippen molar-refractivity contribution >= 4 is 28.3 Å². The van der Waals surface area contributed by atoms with Crippen molar-refractivity contribution in [2.45, 2.75) is 0 Å². The molecule has 0 bridgehead atoms. The molecule has 2 aromatic carbocycles. The number of nitrogens with one attached hydrogen (secondary N) is 1. The molecule has 0 atom stereocenters. The molecule has 20 heavy (non-hydrogen) atoms. The van der Waals surface area contributed by atoms with Gasteiger partial charge in [-0.05, 0) is 37.7 Å². The summed E-state index contributed by atoms with van der Waals surface area (Å²) in [5.41, 5.74) is 3.02. The van der Waals surface area contributed by atoms with Crippen LogP contribution in [-0.2, 0) is 0 Å². The van der Waals surface area contributed by atoms with Gasteiger partial charge < -0.3 is 10.2 Å². The predicted molar refractivity (Wildman–Crippen MR) is 84.4 cm³/mol. The van der Waals surface area contributed by atoms with Crippen LogP contribution in [0.2, 0.25) is 0 Å². The third kappa shape index (κ3) is 2.21. The van der Waals surface area contributed by atoms with Crippen molar-refractivity contribution in [3.05, 3.63) is 47.5 Å². The van der Waals surface area contributed by atoms with E-state index in [-0.39, 0.29) is 5.78 Å². The van der Waals surface area contributed by atoms with Crippen LogP contribution in [0.5, 0.6) is 0 Å². The lowest BCUT2D eigenvalue weighted by molar-refractivity contribution is 0.104. The summed E-state index contributed by atoms with van der Waals surface area (Å²) in [5.74, 6) is 0.0912. The van der Waals surface area contributed by atoms with E-state index in [1.807, 2.05) is 18.2 Å². The van der Waals surface area contributed by atoms with Crippen LogP contribution in [0.1, 0.15) is 15.9 Å². The van der Waals surface area contributed by atoms with E-state index in [0.717, 1.165) is 40.7 Å². The highest BCUT2D eigenvalue weighted by Crippen LogP contribution is 2.33. The third-order valence-electron chi connectivity index (χ3n) is 3.63. The molecule has 3 heteroatoms. The molecule has 3 nitrogen and oxygen atoms in total. The maximum atomic E-state index is 12.0. The Kier molecular flexibility index (Phi) is 3.28. The maximum Gasteiger partial charge on any atom is 0.186 e. The van der Waals surface area contributed by atoms with E-state index in [2.05, 4.69) is 42.5 Å². The Hall–Kier alpha value is -2.13. The minimum atomic E-state index is 0.0912. The van der Waals surface area contributed by atoms with Gasteiger partial charge in [0, 0.05) is 35.3 Å². The van der Waals surface area contributed by atoms with Gasteiger partial charge in [0.15, 0.2) is 5.78 Å². The average Bonchev–Trinajstić information content (AvgIpc) is 2.44. The summed E-state index contributed by atoms with van der Waals surface area (Å²) < 4.78 is 0. The SMILES string of the molecule is CN(C)CCNc1ccc2cccc3c2c1C=CC3=O. The van der Waals surface area contributed by atoms with Crippen LogP contribution in [0.4, 0.5) is 5.69 Å². The second-order valence-electron chi connectivity index (χ2n) is 5.36. The molecule has 0 aromatic heterocycles. The number of allylic oxidation sites excluding steroid dienone is 1. The number of likely N-dealkylation sites (N-methyl/N-ethyl adjacent to an activating group) is 1. The molecule has 0 fully saturated rings. The minimum Gasteiger partial charge on any atom is -0.383 e. The monoisotopic (exact) mass is 266 g/mol. The Bertz CT molecular complexity index is 701. The van der Waals surface area contributed by atoms with E-state index in [1.54, 1.807) is 6.08 Å². The van der Waals surface area contributed by atoms with Crippen LogP contribution < -0.4 is 5.32 Å². The van der Waals surface area contributed by atoms with Crippen molar-refractivity contribution in [2.75, 3.05) is 32.5 Å². The van der Waals surface area contributed by atoms with Crippen molar-refractivity contribution in [1.29, 1.82) is 0 Å². The van der Waals surface area contributed by atoms with Gasteiger partial charge in [0.25, 0.3) is 0 Å². The van der Waals surface area contributed by atoms with Gasteiger partial charge in [0.2, 0.25) is 0 Å². The normalized spacial score (nSPS) is 13.2. The van der Waals surface area contributed by atoms with Gasteiger partial charge in [-0.25, -0.2) is 0 Å². The standard InChI is InChI=1S/C17H18N2O/c1-19(2)11-10-18-15-8-6-12-4-3-5-14-16(20)9-7-13(15)17(12)14/h3-9,18H,10-11H2,1-2H3. The van der Waals surface area contributed by atoms with E-state index < -0.39 is 0 Å². The van der Waals surface area contributed by atoms with Crippen LogP contribution in [0.3, 0.4) is 0 Å². The smallest absolute Gasteiger partial charge is 0.186 e. The lowest BCUT2D eigenvalue weighted by atomic mass is 9.91. The van der Waals surface area contributed by atoms with E-state index in [0.29, 0.717) is 0 Å². The van der Waals surface area contributed by atoms with Crippen LogP contribution in [0.25, 0.3) is 16.8 Å². The highest BCUT2D eigenvalue weighted by Gasteiger charge is 2.16. The molecule has 0 radical (unpaired) electrons. The summed E-state index contributed by atoms with van der Waals surface area (Å²) in [6.45, 7) is 1.86. The highest BCUT2D eigenvalue weighted by atomic mass is 16.1. The van der Waals surface area contributed by atoms with Crippen molar-refractivity contribution in [2.24, 2.45) is 0 Å². The molecule has 0 amide bonds. The zero-order valence-electron chi connectivity index (χ0n) is 11.8. The number of hydrogen-bond acceptors (Lipinski definition) is 3. The second kappa shape index (κ2) is 5.10. The number of rotatable bonds is 4. The Morgan fingerprint density at radius 2 is 1.95 bits per heavy atom. The quantitative estimate of drug-likeness (QED) is 0.923. The van der Waals surface area contributed by atoms with Crippen LogP contribution in [0.15, 0.2) is 36.4 Å². The van der Waals surface area contributed by atoms with Crippen LogP contribution in [0, 0.1) is 0 Å². The predicted octanol–water partition coefficient (Wildman–Crippen LogP) is 3.02. The molecule has 0 aliphatic heterocycles. The molecule has 0 unspecified atom stereocenters. The number of carbonyl (C=O) groups excluding carboxylic acids is 1. The van der Waals surface area contributed by atoms with Gasteiger partial charge in [0.05, 0.1) is 0 Å². The first-order valence-electron chi connectivity index (χ1n) is 6.83. The Morgan fingerprint density at radius 1 is 1.10 bits per heavy atom. The van der Waals surface area contributed by atoms with Gasteiger partial charge in [-0.2, -0.15) is 0 Å². The molecule has 2 aromatic rings. The van der Waals surface area contributed by atoms with Crippen LogP contribution >= 0.6 is 0 Å². The lowest BCUT2D eigenvalue weighted by Gasteiger charge is -2.18. The van der Waals surface area contributed by atoms with Gasteiger partial charge in [-0.3, -0.25) is 4.79 Å². The summed E-state index contributed by atoms with van der Waals surface area (Å²) in [6.07, 6.45) is 3.59. The fourth-order valence-electron chi connectivity index (χ4n) is 2.60. The van der Waals surface area contributed by atoms with E-state index >= 15 is 0 Å². The fraction of sp³-hybridized carbons (Fsp3) is 0.235. The van der Waals surface area contributed by atoms with Crippen molar-refractivity contribution in [3.8, 4) is 0 Å². The lowest BCUT2D eigenvalue weighted by Crippen LogP contribution is -2.21. The summed E-state index contributed by atoms with van der Waals surface area (Å²) in [7, 11) is 4.12. The Labute approximate surface area is 118 Å². The van der Waals surface area contributed by atoms with E-state index in [1.165, 1.54) is 0 Å². The zero-order chi connectivity index (χ0) is 14.1. The first-order chi connectivity index (χ1) is 9.66. The summed E-state index contributed by atoms with van der Waals surface area (Å²) in [6, 6.07) is 10.1. The fourth-order valence-corrected chi connectivity index (χ4v) is 2.60. The van der Waals surface area contributed by atoms with Crippen LogP contribution in [-0.4, -0.2) is 37.9 Å². The number of carbonyl (C=O) groups is 1. The molecule has 0 saturated carbocycles. The number of ketones is 1. The van der Waals surface area contributed by atoms with Crippen molar-refractivity contribution < 1.29 is 4.79 Å². The van der Waals surface area contributed by atoms with E-state index in [9.17, 15) is 4.79 Å². The first-order valence-corrected chi connectivity index (χ1v) is 6.83. The molecule has 1 aliphatic rings. The topological polar surface area (TPSA) is 32.3 Å². The number of nitrogens with zero attached hydrogens (tertiary/aromatic N) is 1. The summed E-state index contributed by atoms with van der Waals surface area (Å²) in [4.78, 5) is 14.1. The third-order valence-corrected chi connectivity index (χ3v) is 3.63. The largest absolute Gasteiger partial charge is 0.383 e. The number of hydrogen-bond donors (Lipinski definition) is 1. The second-order valence-corrected chi connectivity index (χ2v) is 5.36. The van der Waals surface area contributed by atoms with Crippen molar-refractivity contribution in [3.63, 3.8) is 0 Å². The molecular formula is C17H18N2O. The molecule has 0 heterocycles. The zero-order valence-corrected chi connectivity index (χ0v) is 11.8. The maximum absolute atomic E-state index is 12.0. The molecule has 0 saturated heterocycles. The van der Waals surface area contributed by atoms with Gasteiger partial charge in [0.1, 0.15) is 0 Å². The molecule has 1 N–H and O–H groups in total. The number of benzene rings is 2. The average molecular weight is 266 g/mol. The van der Waals surface area contributed by atoms with Crippen molar-refractivity contribution in [1.82, 2.24) is 4.90 Å². The van der Waals surface area contributed by atoms with Gasteiger partial charge >= 0.3 is 0 Å². The molecule has 1 aliphatic carbocycles. The highest BCUT2D eigenvalue weighted by molar-refractivity contribution is 6.21. The molecule has 0 spiro atoms. The minimum absolute atomic E-state index is 0.0912. The van der Waals surface area contributed by atoms with Gasteiger partial charge in [-0.15, -0.1) is 0 Å². The number of anilines is 1. The first kappa shape index (κ1) is 12.9. The van der Waals surface area contributed by atoms with E-state index in [4.69, 9.17) is 0 Å². The molecular weight excluding hydrogens is 248 g/mol. The summed E-state index contributed by atoms with van der Waals surface area (Å²) in [5, 5.41) is 5.64. The molecule has 102 valence electrons. The summed E-state index contributed by atoms with van der Waals surface area (Å²) >= 11 is 0. The van der Waals surface area contributed by atoms with Gasteiger partial charge in [-0.1, -0.05) is 24.3 Å².